The third-order valence-electron chi connectivity index (χ3n) is 3.29. The Bertz CT molecular complexity index is 708. The lowest BCUT2D eigenvalue weighted by Gasteiger charge is -2.11. The van der Waals surface area contributed by atoms with Gasteiger partial charge in [-0.1, -0.05) is 6.07 Å². The maximum Gasteiger partial charge on any atom is 0.218 e. The first-order valence-electron chi connectivity index (χ1n) is 8.47. The largest absolute Gasteiger partial charge is 0.491 e. The first-order valence-corrected chi connectivity index (χ1v) is 8.47. The van der Waals surface area contributed by atoms with E-state index < -0.39 is 0 Å². The Morgan fingerprint density at radius 2 is 1.93 bits per heavy atom. The zero-order valence-corrected chi connectivity index (χ0v) is 18.2. The minimum Gasteiger partial charge on any atom is -0.491 e. The second-order valence-corrected chi connectivity index (χ2v) is 5.83. The number of anilines is 1. The minimum absolute atomic E-state index is 0. The third-order valence-corrected chi connectivity index (χ3v) is 3.29. The number of benzene rings is 1. The number of nitrogens with one attached hydrogen (secondary N) is 1. The molecule has 2 aromatic rings. The van der Waals surface area contributed by atoms with Crippen LogP contribution in [0, 0.1) is 0 Å². The lowest BCUT2D eigenvalue weighted by atomic mass is 10.3. The Labute approximate surface area is 177 Å². The van der Waals surface area contributed by atoms with Crippen LogP contribution >= 0.6 is 24.0 Å². The van der Waals surface area contributed by atoms with Crippen LogP contribution in [0.25, 0.3) is 0 Å². The van der Waals surface area contributed by atoms with Gasteiger partial charge in [0, 0.05) is 24.6 Å². The highest BCUT2D eigenvalue weighted by Gasteiger charge is 2.05. The van der Waals surface area contributed by atoms with Gasteiger partial charge in [-0.05, 0) is 44.2 Å². The van der Waals surface area contributed by atoms with Gasteiger partial charge in [-0.15, -0.1) is 24.0 Å². The number of aromatic nitrogens is 1. The molecule has 0 radical (unpaired) electrons. The maximum absolute atomic E-state index is 5.97. The predicted octanol–water partition coefficient (Wildman–Crippen LogP) is 3.44. The van der Waals surface area contributed by atoms with Gasteiger partial charge in [-0.3, -0.25) is 0 Å². The van der Waals surface area contributed by atoms with Crippen molar-refractivity contribution < 1.29 is 14.2 Å². The lowest BCUT2D eigenvalue weighted by Crippen LogP contribution is -2.22. The molecule has 0 spiro atoms. The van der Waals surface area contributed by atoms with E-state index in [1.54, 1.807) is 13.3 Å². The van der Waals surface area contributed by atoms with Gasteiger partial charge in [0.25, 0.3) is 0 Å². The van der Waals surface area contributed by atoms with Crippen LogP contribution in [0.1, 0.15) is 19.4 Å². The standard InChI is InChI=1S/C19H26N4O3.HI/c1-14(2)26-17-8-6-16(7-9-17)23-19(20)22-13-15-5-4-10-21-18(15)25-12-11-24-3;/h4-10,14H,11-13H2,1-3H3,(H3,20,22,23);1H. The average Bonchev–Trinajstić information content (AvgIpc) is 2.62. The first-order chi connectivity index (χ1) is 12.6. The van der Waals surface area contributed by atoms with E-state index in [4.69, 9.17) is 19.9 Å². The Hall–Kier alpha value is -2.07. The molecule has 0 saturated carbocycles. The molecule has 7 nitrogen and oxygen atoms in total. The van der Waals surface area contributed by atoms with Crippen molar-refractivity contribution in [3.8, 4) is 11.6 Å². The summed E-state index contributed by atoms with van der Waals surface area (Å²) in [6.07, 6.45) is 1.82. The van der Waals surface area contributed by atoms with Gasteiger partial charge in [-0.2, -0.15) is 0 Å². The molecule has 2 rings (SSSR count). The highest BCUT2D eigenvalue weighted by atomic mass is 127. The molecule has 0 aliphatic carbocycles. The van der Waals surface area contributed by atoms with Crippen molar-refractivity contribution in [3.63, 3.8) is 0 Å². The number of guanidine groups is 1. The van der Waals surface area contributed by atoms with Crippen molar-refractivity contribution in [2.75, 3.05) is 25.6 Å². The molecule has 0 atom stereocenters. The van der Waals surface area contributed by atoms with Crippen molar-refractivity contribution >= 4 is 35.6 Å². The molecule has 3 N–H and O–H groups in total. The topological polar surface area (TPSA) is 91.0 Å². The summed E-state index contributed by atoms with van der Waals surface area (Å²) in [6, 6.07) is 11.3. The number of nitrogens with zero attached hydrogens (tertiary/aromatic N) is 2. The van der Waals surface area contributed by atoms with Gasteiger partial charge in [0.1, 0.15) is 12.4 Å². The number of halogens is 1. The number of hydrogen-bond acceptors (Lipinski definition) is 5. The molecule has 0 saturated heterocycles. The summed E-state index contributed by atoms with van der Waals surface area (Å²) in [5, 5.41) is 3.06. The summed E-state index contributed by atoms with van der Waals surface area (Å²) in [5.74, 6) is 1.67. The summed E-state index contributed by atoms with van der Waals surface area (Å²) in [4.78, 5) is 8.57. The van der Waals surface area contributed by atoms with Gasteiger partial charge < -0.3 is 25.3 Å². The molecule has 8 heteroatoms. The van der Waals surface area contributed by atoms with E-state index in [9.17, 15) is 0 Å². The molecule has 148 valence electrons. The van der Waals surface area contributed by atoms with Crippen molar-refractivity contribution in [2.24, 2.45) is 10.7 Å². The summed E-state index contributed by atoms with van der Waals surface area (Å²) in [7, 11) is 1.63. The van der Waals surface area contributed by atoms with Crippen molar-refractivity contribution in [3.05, 3.63) is 48.2 Å². The van der Waals surface area contributed by atoms with Crippen molar-refractivity contribution in [2.45, 2.75) is 26.5 Å². The fraction of sp³-hybridized carbons (Fsp3) is 0.368. The fourth-order valence-corrected chi connectivity index (χ4v) is 2.14. The molecular formula is C19H27IN4O3. The van der Waals surface area contributed by atoms with Crippen LogP contribution in [0.3, 0.4) is 0 Å². The van der Waals surface area contributed by atoms with Crippen LogP contribution in [0.5, 0.6) is 11.6 Å². The smallest absolute Gasteiger partial charge is 0.218 e. The van der Waals surface area contributed by atoms with Gasteiger partial charge >= 0.3 is 0 Å². The van der Waals surface area contributed by atoms with Crippen molar-refractivity contribution in [1.82, 2.24) is 4.98 Å². The first kappa shape index (κ1) is 23.0. The Kier molecular flexibility index (Phi) is 10.5. The number of methoxy groups -OCH3 is 1. The van der Waals surface area contributed by atoms with E-state index in [0.29, 0.717) is 31.6 Å². The van der Waals surface area contributed by atoms with E-state index in [1.807, 2.05) is 50.2 Å². The average molecular weight is 486 g/mol. The van der Waals surface area contributed by atoms with E-state index in [1.165, 1.54) is 0 Å². The SMILES string of the molecule is COCCOc1ncccc1CN=C(N)Nc1ccc(OC(C)C)cc1.I. The second kappa shape index (κ2) is 12.3. The maximum atomic E-state index is 5.97. The summed E-state index contributed by atoms with van der Waals surface area (Å²) in [5.41, 5.74) is 7.66. The number of aliphatic imine (C=N–C) groups is 1. The fourth-order valence-electron chi connectivity index (χ4n) is 2.14. The predicted molar refractivity (Wildman–Crippen MR) is 118 cm³/mol. The van der Waals surface area contributed by atoms with Crippen LogP contribution in [0.2, 0.25) is 0 Å². The molecule has 0 fully saturated rings. The Morgan fingerprint density at radius 1 is 1.19 bits per heavy atom. The van der Waals surface area contributed by atoms with Crippen LogP contribution in [-0.2, 0) is 11.3 Å². The zero-order chi connectivity index (χ0) is 18.8. The van der Waals surface area contributed by atoms with E-state index in [-0.39, 0.29) is 30.1 Å². The quantitative estimate of drug-likeness (QED) is 0.244. The van der Waals surface area contributed by atoms with Crippen LogP contribution in [-0.4, -0.2) is 37.4 Å². The molecule has 1 aromatic heterocycles. The summed E-state index contributed by atoms with van der Waals surface area (Å²) < 4.78 is 16.2. The lowest BCUT2D eigenvalue weighted by molar-refractivity contribution is 0.143. The van der Waals surface area contributed by atoms with Gasteiger partial charge in [0.15, 0.2) is 5.96 Å². The minimum atomic E-state index is 0. The number of pyridine rings is 1. The molecule has 0 unspecified atom stereocenters. The van der Waals surface area contributed by atoms with Crippen LogP contribution in [0.4, 0.5) is 5.69 Å². The summed E-state index contributed by atoms with van der Waals surface area (Å²) >= 11 is 0. The monoisotopic (exact) mass is 486 g/mol. The summed E-state index contributed by atoms with van der Waals surface area (Å²) in [6.45, 7) is 5.27. The highest BCUT2D eigenvalue weighted by Crippen LogP contribution is 2.17. The molecule has 1 aromatic carbocycles. The van der Waals surface area contributed by atoms with E-state index in [0.717, 1.165) is 17.0 Å². The molecule has 0 aliphatic heterocycles. The number of nitrogens with two attached hydrogens (primary N) is 1. The van der Waals surface area contributed by atoms with E-state index in [2.05, 4.69) is 15.3 Å². The molecule has 0 bridgehead atoms. The molecule has 0 amide bonds. The zero-order valence-electron chi connectivity index (χ0n) is 15.8. The van der Waals surface area contributed by atoms with Crippen LogP contribution in [0.15, 0.2) is 47.6 Å². The molecule has 27 heavy (non-hydrogen) atoms. The molecular weight excluding hydrogens is 459 g/mol. The van der Waals surface area contributed by atoms with Crippen molar-refractivity contribution in [1.29, 1.82) is 0 Å². The van der Waals surface area contributed by atoms with Gasteiger partial charge in [0.2, 0.25) is 5.88 Å². The molecule has 0 aliphatic rings. The van der Waals surface area contributed by atoms with Crippen LogP contribution < -0.4 is 20.5 Å². The Morgan fingerprint density at radius 3 is 2.59 bits per heavy atom. The Balaban J connectivity index is 0.00000364. The van der Waals surface area contributed by atoms with Gasteiger partial charge in [0.05, 0.1) is 19.3 Å². The third kappa shape index (κ3) is 8.44. The van der Waals surface area contributed by atoms with E-state index >= 15 is 0 Å². The second-order valence-electron chi connectivity index (χ2n) is 5.83. The normalized spacial score (nSPS) is 11.0. The highest BCUT2D eigenvalue weighted by molar-refractivity contribution is 14.0. The number of hydrogen-bond donors (Lipinski definition) is 2. The molecule has 1 heterocycles. The van der Waals surface area contributed by atoms with Gasteiger partial charge in [-0.25, -0.2) is 9.98 Å². The number of rotatable bonds is 9. The number of ether oxygens (including phenoxy) is 3.